The van der Waals surface area contributed by atoms with Crippen LogP contribution in [0.2, 0.25) is 18.1 Å². The van der Waals surface area contributed by atoms with Crippen LogP contribution in [0.5, 0.6) is 17.2 Å². The van der Waals surface area contributed by atoms with E-state index in [1.807, 2.05) is 29.2 Å². The van der Waals surface area contributed by atoms with Crippen molar-refractivity contribution >= 4 is 14.2 Å². The van der Waals surface area contributed by atoms with Crippen molar-refractivity contribution < 1.29 is 23.4 Å². The Morgan fingerprint density at radius 2 is 1.66 bits per heavy atom. The lowest BCUT2D eigenvalue weighted by molar-refractivity contribution is -0.134. The fourth-order valence-electron chi connectivity index (χ4n) is 3.92. The molecule has 0 fully saturated rings. The number of carbonyl (C=O) groups is 1. The number of carbonyl (C=O) groups excluding carboxylic acids is 1. The van der Waals surface area contributed by atoms with Crippen LogP contribution in [0.15, 0.2) is 30.5 Å². The Labute approximate surface area is 229 Å². The van der Waals surface area contributed by atoms with Gasteiger partial charge in [-0.3, -0.25) is 9.78 Å². The molecule has 0 radical (unpaired) electrons. The Morgan fingerprint density at radius 1 is 1.05 bits per heavy atom. The molecule has 0 bridgehead atoms. The molecular formula is C29H47N3O5Si. The summed E-state index contributed by atoms with van der Waals surface area (Å²) >= 11 is 0. The highest BCUT2D eigenvalue weighted by molar-refractivity contribution is 6.74. The molecule has 1 heterocycles. The maximum atomic E-state index is 13.4. The summed E-state index contributed by atoms with van der Waals surface area (Å²) in [6.07, 6.45) is 2.38. The third kappa shape index (κ3) is 8.19. The predicted molar refractivity (Wildman–Crippen MR) is 155 cm³/mol. The third-order valence-corrected chi connectivity index (χ3v) is 11.7. The van der Waals surface area contributed by atoms with E-state index in [0.29, 0.717) is 49.3 Å². The Kier molecular flexibility index (Phi) is 11.2. The van der Waals surface area contributed by atoms with Gasteiger partial charge in [-0.05, 0) is 60.3 Å². The molecule has 0 saturated carbocycles. The molecule has 1 aromatic heterocycles. The Bertz CT molecular complexity index is 1040. The summed E-state index contributed by atoms with van der Waals surface area (Å²) in [4.78, 5) is 19.8. The van der Waals surface area contributed by atoms with Crippen molar-refractivity contribution in [1.29, 1.82) is 0 Å². The molecule has 2 N–H and O–H groups in total. The summed E-state index contributed by atoms with van der Waals surface area (Å²) in [5.74, 6) is 1.88. The number of methoxy groups -OCH3 is 3. The van der Waals surface area contributed by atoms with Gasteiger partial charge in [-0.2, -0.15) is 0 Å². The lowest BCUT2D eigenvalue weighted by Crippen LogP contribution is -2.47. The second-order valence-corrected chi connectivity index (χ2v) is 16.4. The van der Waals surface area contributed by atoms with Crippen LogP contribution in [-0.2, 0) is 15.8 Å². The van der Waals surface area contributed by atoms with E-state index in [2.05, 4.69) is 52.7 Å². The van der Waals surface area contributed by atoms with Crippen molar-refractivity contribution in [3.8, 4) is 28.5 Å². The fraction of sp³-hybridized carbons (Fsp3) is 0.586. The highest BCUT2D eigenvalue weighted by atomic mass is 28.4. The van der Waals surface area contributed by atoms with Crippen molar-refractivity contribution in [1.82, 2.24) is 9.88 Å². The monoisotopic (exact) mass is 545 g/mol. The second-order valence-electron chi connectivity index (χ2n) is 11.6. The van der Waals surface area contributed by atoms with Gasteiger partial charge in [0.05, 0.1) is 39.7 Å². The van der Waals surface area contributed by atoms with Crippen molar-refractivity contribution in [2.75, 3.05) is 34.5 Å². The van der Waals surface area contributed by atoms with E-state index in [4.69, 9.17) is 24.4 Å². The number of hydrogen-bond acceptors (Lipinski definition) is 7. The van der Waals surface area contributed by atoms with Crippen LogP contribution in [0.25, 0.3) is 11.3 Å². The molecule has 2 rings (SSSR count). The summed E-state index contributed by atoms with van der Waals surface area (Å²) in [5, 5.41) is 0.0936. The van der Waals surface area contributed by atoms with Crippen LogP contribution in [0.1, 0.15) is 46.6 Å². The highest BCUT2D eigenvalue weighted by Crippen LogP contribution is 2.41. The predicted octanol–water partition coefficient (Wildman–Crippen LogP) is 5.50. The number of rotatable bonds is 13. The summed E-state index contributed by atoms with van der Waals surface area (Å²) in [7, 11) is 2.80. The average molecular weight is 546 g/mol. The number of pyridine rings is 1. The van der Waals surface area contributed by atoms with Crippen molar-refractivity contribution in [3.05, 3.63) is 36.0 Å². The largest absolute Gasteiger partial charge is 0.493 e. The molecule has 9 heteroatoms. The van der Waals surface area contributed by atoms with Gasteiger partial charge in [0.25, 0.3) is 0 Å². The van der Waals surface area contributed by atoms with E-state index in [1.165, 1.54) is 0 Å². The number of aromatic nitrogens is 1. The van der Waals surface area contributed by atoms with Gasteiger partial charge in [-0.25, -0.2) is 0 Å². The van der Waals surface area contributed by atoms with Crippen molar-refractivity contribution in [2.45, 2.75) is 71.8 Å². The van der Waals surface area contributed by atoms with Gasteiger partial charge >= 0.3 is 0 Å². The number of nitrogens with two attached hydrogens (primary N) is 1. The van der Waals surface area contributed by atoms with Crippen LogP contribution in [0.3, 0.4) is 0 Å². The smallest absolute Gasteiger partial charge is 0.239 e. The van der Waals surface area contributed by atoms with Crippen LogP contribution in [-0.4, -0.2) is 64.6 Å². The number of benzene rings is 1. The molecule has 212 valence electrons. The molecule has 1 aromatic carbocycles. The van der Waals surface area contributed by atoms with E-state index in [0.717, 1.165) is 16.8 Å². The van der Waals surface area contributed by atoms with Gasteiger partial charge in [0, 0.05) is 24.8 Å². The fourth-order valence-corrected chi connectivity index (χ4v) is 4.95. The average Bonchev–Trinajstić information content (AvgIpc) is 2.85. The number of nitrogens with zero attached hydrogens (tertiary/aromatic N) is 2. The van der Waals surface area contributed by atoms with Crippen LogP contribution in [0, 0.1) is 5.92 Å². The number of hydrogen-bond donors (Lipinski definition) is 1. The minimum atomic E-state index is -1.94. The molecule has 0 aliphatic heterocycles. The first-order valence-electron chi connectivity index (χ1n) is 13.2. The molecule has 0 unspecified atom stereocenters. The van der Waals surface area contributed by atoms with Gasteiger partial charge in [0.2, 0.25) is 11.7 Å². The standard InChI is InChI=1S/C29H47N3O5Si/c1-20(2)15-23(30)28(33)32(13-14-37-38(9,10)29(3,4)5)19-21-11-12-31-24(16-21)22-17-25(34-6)27(36-8)26(18-22)35-7/h11-12,16-18,20,23H,13-15,19,30H2,1-10H3/t23-/m0/s1. The molecule has 2 aromatic rings. The molecule has 0 aliphatic rings. The minimum absolute atomic E-state index is 0.0660. The van der Waals surface area contributed by atoms with Crippen molar-refractivity contribution in [2.24, 2.45) is 11.7 Å². The molecule has 0 spiro atoms. The normalized spacial score (nSPS) is 12.8. The Balaban J connectivity index is 2.34. The first-order valence-corrected chi connectivity index (χ1v) is 16.1. The first kappa shape index (κ1) is 31.6. The van der Waals surface area contributed by atoms with Gasteiger partial charge < -0.3 is 29.3 Å². The zero-order chi connectivity index (χ0) is 28.7. The van der Waals surface area contributed by atoms with E-state index < -0.39 is 14.4 Å². The van der Waals surface area contributed by atoms with Gasteiger partial charge in [-0.15, -0.1) is 0 Å². The van der Waals surface area contributed by atoms with E-state index in [9.17, 15) is 4.79 Å². The van der Waals surface area contributed by atoms with Gasteiger partial charge in [0.1, 0.15) is 0 Å². The molecule has 38 heavy (non-hydrogen) atoms. The maximum absolute atomic E-state index is 13.4. The molecule has 8 nitrogen and oxygen atoms in total. The summed E-state index contributed by atoms with van der Waals surface area (Å²) in [6.45, 7) is 16.6. The highest BCUT2D eigenvalue weighted by Gasteiger charge is 2.37. The quantitative estimate of drug-likeness (QED) is 0.332. The molecule has 0 saturated heterocycles. The van der Waals surface area contributed by atoms with Crippen LogP contribution < -0.4 is 19.9 Å². The minimum Gasteiger partial charge on any atom is -0.493 e. The van der Waals surface area contributed by atoms with Crippen molar-refractivity contribution in [3.63, 3.8) is 0 Å². The molecule has 1 atom stereocenters. The number of amides is 1. The zero-order valence-electron chi connectivity index (χ0n) is 24.9. The van der Waals surface area contributed by atoms with Crippen LogP contribution >= 0.6 is 0 Å². The molecular weight excluding hydrogens is 498 g/mol. The lowest BCUT2D eigenvalue weighted by atomic mass is 10.0. The maximum Gasteiger partial charge on any atom is 0.239 e. The third-order valence-electron chi connectivity index (χ3n) is 7.14. The first-order chi connectivity index (χ1) is 17.7. The topological polar surface area (TPSA) is 96.1 Å². The van der Waals surface area contributed by atoms with E-state index in [-0.39, 0.29) is 10.9 Å². The molecule has 0 aliphatic carbocycles. The zero-order valence-corrected chi connectivity index (χ0v) is 25.9. The van der Waals surface area contributed by atoms with Gasteiger partial charge in [-0.1, -0.05) is 34.6 Å². The SMILES string of the molecule is COc1cc(-c2cc(CN(CCO[Si](C)(C)C(C)(C)C)C(=O)[C@@H](N)CC(C)C)ccn2)cc(OC)c1OC. The van der Waals surface area contributed by atoms with E-state index >= 15 is 0 Å². The Hall–Kier alpha value is -2.62. The summed E-state index contributed by atoms with van der Waals surface area (Å²) < 4.78 is 22.9. The summed E-state index contributed by atoms with van der Waals surface area (Å²) in [5.41, 5.74) is 8.83. The Morgan fingerprint density at radius 3 is 2.16 bits per heavy atom. The lowest BCUT2D eigenvalue weighted by Gasteiger charge is -2.37. The molecule has 1 amide bonds. The summed E-state index contributed by atoms with van der Waals surface area (Å²) in [6, 6.07) is 7.07. The van der Waals surface area contributed by atoms with Crippen LogP contribution in [0.4, 0.5) is 0 Å². The number of ether oxygens (including phenoxy) is 3. The van der Waals surface area contributed by atoms with E-state index in [1.54, 1.807) is 27.5 Å². The van der Waals surface area contributed by atoms with Gasteiger partial charge in [0.15, 0.2) is 19.8 Å². The second kappa shape index (κ2) is 13.4.